The van der Waals surface area contributed by atoms with Gasteiger partial charge in [-0.05, 0) is 35.4 Å². The maximum Gasteiger partial charge on any atom is 0.131 e. The van der Waals surface area contributed by atoms with Gasteiger partial charge in [-0.3, -0.25) is 0 Å². The summed E-state index contributed by atoms with van der Waals surface area (Å²) >= 11 is 12.9. The lowest BCUT2D eigenvalue weighted by molar-refractivity contribution is 0.109. The average molecular weight is 399 g/mol. The molecule has 3 aromatic carbocycles. The summed E-state index contributed by atoms with van der Waals surface area (Å²) in [5, 5.41) is 0. The molecule has 0 radical (unpaired) electrons. The summed E-state index contributed by atoms with van der Waals surface area (Å²) in [6.45, 7) is 1.02. The van der Waals surface area contributed by atoms with Crippen LogP contribution in [0.25, 0.3) is 0 Å². The third-order valence-corrected chi connectivity index (χ3v) is 5.84. The molecule has 0 unspecified atom stereocenters. The zero-order chi connectivity index (χ0) is 18.7. The predicted molar refractivity (Wildman–Crippen MR) is 110 cm³/mol. The Morgan fingerprint density at radius 1 is 0.778 bits per heavy atom. The van der Waals surface area contributed by atoms with Crippen LogP contribution < -0.4 is 4.74 Å². The lowest BCUT2D eigenvalue weighted by atomic mass is 10.1. The maximum absolute atomic E-state index is 6.47. The van der Waals surface area contributed by atoms with Gasteiger partial charge in [-0.2, -0.15) is 0 Å². The highest BCUT2D eigenvalue weighted by atomic mass is 35.5. The molecule has 1 fully saturated rings. The Morgan fingerprint density at radius 2 is 1.44 bits per heavy atom. The Balaban J connectivity index is 1.33. The fourth-order valence-corrected chi connectivity index (χ4v) is 4.15. The molecule has 4 rings (SSSR count). The smallest absolute Gasteiger partial charge is 0.131 e. The molecule has 138 valence electrons. The Kier molecular flexibility index (Phi) is 5.40. The number of hydrogen-bond acceptors (Lipinski definition) is 2. The van der Waals surface area contributed by atoms with Crippen molar-refractivity contribution in [1.82, 2.24) is 0 Å². The molecule has 0 spiro atoms. The average Bonchev–Trinajstić information content (AvgIpc) is 3.24. The lowest BCUT2D eigenvalue weighted by Gasteiger charge is -2.08. The maximum atomic E-state index is 6.47. The van der Waals surface area contributed by atoms with Gasteiger partial charge >= 0.3 is 0 Å². The van der Waals surface area contributed by atoms with Crippen LogP contribution in [0.5, 0.6) is 11.5 Å². The van der Waals surface area contributed by atoms with Gasteiger partial charge in [-0.15, -0.1) is 23.2 Å². The number of benzene rings is 3. The van der Waals surface area contributed by atoms with Crippen molar-refractivity contribution in [1.29, 1.82) is 0 Å². The lowest BCUT2D eigenvalue weighted by Crippen LogP contribution is -2.02. The third kappa shape index (κ3) is 4.30. The van der Waals surface area contributed by atoms with Crippen LogP contribution in [0, 0.1) is 5.92 Å². The van der Waals surface area contributed by atoms with Gasteiger partial charge in [0.15, 0.2) is 0 Å². The van der Waals surface area contributed by atoms with Gasteiger partial charge in [0.25, 0.3) is 0 Å². The van der Waals surface area contributed by atoms with Crippen molar-refractivity contribution in [3.8, 4) is 11.5 Å². The molecule has 27 heavy (non-hydrogen) atoms. The minimum absolute atomic E-state index is 0.104. The van der Waals surface area contributed by atoms with Gasteiger partial charge in [0, 0.05) is 11.8 Å². The Morgan fingerprint density at radius 3 is 2.19 bits per heavy atom. The number of hydrogen-bond donors (Lipinski definition) is 0. The molecule has 3 aromatic rings. The van der Waals surface area contributed by atoms with Gasteiger partial charge in [0.1, 0.15) is 15.8 Å². The molecule has 2 nitrogen and oxygen atoms in total. The van der Waals surface area contributed by atoms with Crippen molar-refractivity contribution in [2.45, 2.75) is 16.9 Å². The van der Waals surface area contributed by atoms with Gasteiger partial charge in [-0.1, -0.05) is 60.7 Å². The van der Waals surface area contributed by atoms with Crippen molar-refractivity contribution < 1.29 is 9.47 Å². The van der Waals surface area contributed by atoms with Crippen molar-refractivity contribution in [3.63, 3.8) is 0 Å². The fraction of sp³-hybridized carbons (Fsp3) is 0.217. The Bertz CT molecular complexity index is 881. The first-order chi connectivity index (χ1) is 13.1. The van der Waals surface area contributed by atoms with E-state index in [1.54, 1.807) is 0 Å². The minimum Gasteiger partial charge on any atom is -0.457 e. The SMILES string of the molecule is ClC1(Cl)[C@@H](COCc2cccc(Oc3ccccc3)c2)[C@@H]1c1ccccc1. The molecule has 1 aliphatic carbocycles. The molecular formula is C23H20Cl2O2. The second-order valence-electron chi connectivity index (χ2n) is 6.75. The van der Waals surface area contributed by atoms with E-state index in [9.17, 15) is 0 Å². The zero-order valence-electron chi connectivity index (χ0n) is 14.7. The standard InChI is InChI=1S/C23H20Cl2O2/c24-23(25)21(22(23)18-9-3-1-4-10-18)16-26-15-17-8-7-13-20(14-17)27-19-11-5-2-6-12-19/h1-14,21-22H,15-16H2/t21-,22-/m0/s1. The first-order valence-electron chi connectivity index (χ1n) is 8.97. The minimum atomic E-state index is -0.750. The third-order valence-electron chi connectivity index (χ3n) is 4.80. The number of alkyl halides is 2. The molecule has 0 N–H and O–H groups in total. The van der Waals surface area contributed by atoms with Crippen LogP contribution >= 0.6 is 23.2 Å². The molecule has 1 aliphatic rings. The van der Waals surface area contributed by atoms with Gasteiger partial charge in [-0.25, -0.2) is 0 Å². The van der Waals surface area contributed by atoms with Crippen molar-refractivity contribution in [2.24, 2.45) is 5.92 Å². The summed E-state index contributed by atoms with van der Waals surface area (Å²) in [6, 6.07) is 27.8. The molecule has 0 aliphatic heterocycles. The van der Waals surface area contributed by atoms with Crippen LogP contribution in [0.15, 0.2) is 84.9 Å². The largest absolute Gasteiger partial charge is 0.457 e. The van der Waals surface area contributed by atoms with Crippen LogP contribution in [0.3, 0.4) is 0 Å². The molecule has 0 amide bonds. The van der Waals surface area contributed by atoms with E-state index in [-0.39, 0.29) is 11.8 Å². The first kappa shape index (κ1) is 18.4. The summed E-state index contributed by atoms with van der Waals surface area (Å²) in [6.07, 6.45) is 0. The van der Waals surface area contributed by atoms with E-state index >= 15 is 0 Å². The molecule has 0 aromatic heterocycles. The van der Waals surface area contributed by atoms with Crippen LogP contribution in [0.1, 0.15) is 17.0 Å². The summed E-state index contributed by atoms with van der Waals surface area (Å²) in [7, 11) is 0. The van der Waals surface area contributed by atoms with E-state index in [1.165, 1.54) is 0 Å². The summed E-state index contributed by atoms with van der Waals surface area (Å²) in [5.41, 5.74) is 2.21. The molecule has 0 bridgehead atoms. The Labute approximate surface area is 169 Å². The van der Waals surface area contributed by atoms with Gasteiger partial charge in [0.05, 0.1) is 13.2 Å². The number of rotatable bonds is 7. The number of para-hydroxylation sites is 1. The zero-order valence-corrected chi connectivity index (χ0v) is 16.2. The molecule has 0 saturated heterocycles. The van der Waals surface area contributed by atoms with Gasteiger partial charge in [0.2, 0.25) is 0 Å². The summed E-state index contributed by atoms with van der Waals surface area (Å²) < 4.78 is 11.0. The highest BCUT2D eigenvalue weighted by Gasteiger charge is 2.63. The highest BCUT2D eigenvalue weighted by Crippen LogP contribution is 2.64. The highest BCUT2D eigenvalue weighted by molar-refractivity contribution is 6.52. The van der Waals surface area contributed by atoms with Crippen molar-refractivity contribution >= 4 is 23.2 Å². The van der Waals surface area contributed by atoms with Crippen LogP contribution in [0.4, 0.5) is 0 Å². The van der Waals surface area contributed by atoms with Crippen LogP contribution in [-0.4, -0.2) is 10.9 Å². The molecule has 4 heteroatoms. The van der Waals surface area contributed by atoms with E-state index in [0.717, 1.165) is 22.6 Å². The first-order valence-corrected chi connectivity index (χ1v) is 9.72. The van der Waals surface area contributed by atoms with E-state index < -0.39 is 4.33 Å². The van der Waals surface area contributed by atoms with E-state index in [0.29, 0.717) is 13.2 Å². The molecule has 0 heterocycles. The molecular weight excluding hydrogens is 379 g/mol. The summed E-state index contributed by atoms with van der Waals surface area (Å²) in [4.78, 5) is 0. The van der Waals surface area contributed by atoms with E-state index in [4.69, 9.17) is 32.7 Å². The quantitative estimate of drug-likeness (QED) is 0.418. The van der Waals surface area contributed by atoms with Crippen molar-refractivity contribution in [3.05, 3.63) is 96.1 Å². The van der Waals surface area contributed by atoms with Crippen LogP contribution in [-0.2, 0) is 11.3 Å². The van der Waals surface area contributed by atoms with Crippen LogP contribution in [0.2, 0.25) is 0 Å². The topological polar surface area (TPSA) is 18.5 Å². The normalized spacial score (nSPS) is 20.2. The Hall–Kier alpha value is -2.00. The number of halogens is 2. The monoisotopic (exact) mass is 398 g/mol. The molecule has 1 saturated carbocycles. The second kappa shape index (κ2) is 7.93. The van der Waals surface area contributed by atoms with E-state index in [2.05, 4.69) is 12.1 Å². The summed E-state index contributed by atoms with van der Waals surface area (Å²) in [5.74, 6) is 1.83. The van der Waals surface area contributed by atoms with Crippen molar-refractivity contribution in [2.75, 3.05) is 6.61 Å². The fourth-order valence-electron chi connectivity index (χ4n) is 3.34. The number of ether oxygens (including phenoxy) is 2. The van der Waals surface area contributed by atoms with E-state index in [1.807, 2.05) is 72.8 Å². The second-order valence-corrected chi connectivity index (χ2v) is 8.19. The predicted octanol–water partition coefficient (Wildman–Crippen LogP) is 6.58. The molecule has 2 atom stereocenters. The van der Waals surface area contributed by atoms with Gasteiger partial charge < -0.3 is 9.47 Å².